The molecule has 1 fully saturated rings. The molecule has 40 heavy (non-hydrogen) atoms. The van der Waals surface area contributed by atoms with E-state index in [-0.39, 0.29) is 22.3 Å². The molecule has 0 aliphatic carbocycles. The summed E-state index contributed by atoms with van der Waals surface area (Å²) in [6.45, 7) is 2.90. The van der Waals surface area contributed by atoms with E-state index >= 15 is 0 Å². The molecule has 8 nitrogen and oxygen atoms in total. The first-order valence-corrected chi connectivity index (χ1v) is 14.5. The average Bonchev–Trinajstić information content (AvgIpc) is 2.97. The number of para-hydroxylation sites is 1. The maximum Gasteiger partial charge on any atom is 0.254 e. The number of pyridine rings is 1. The van der Waals surface area contributed by atoms with Crippen molar-refractivity contribution in [3.05, 3.63) is 95.4 Å². The van der Waals surface area contributed by atoms with Gasteiger partial charge in [0.05, 0.1) is 30.4 Å². The number of nitrogens with zero attached hydrogens (tertiary/aromatic N) is 3. The minimum Gasteiger partial charge on any atom is -0.496 e. The van der Waals surface area contributed by atoms with E-state index in [9.17, 15) is 17.6 Å². The van der Waals surface area contributed by atoms with Crippen LogP contribution in [0.15, 0.2) is 77.8 Å². The molecule has 1 saturated heterocycles. The Labute approximate surface area is 232 Å². The number of hydrogen-bond acceptors (Lipinski definition) is 7. The Hall–Kier alpha value is -4.02. The Balaban J connectivity index is 1.26. The highest BCUT2D eigenvalue weighted by Crippen LogP contribution is 2.29. The van der Waals surface area contributed by atoms with Crippen molar-refractivity contribution in [2.75, 3.05) is 40.4 Å². The number of carbonyl (C=O) groups is 1. The number of amides is 1. The Morgan fingerprint density at radius 3 is 2.40 bits per heavy atom. The molecule has 4 aromatic rings. The normalized spacial score (nSPS) is 14.3. The van der Waals surface area contributed by atoms with Gasteiger partial charge in [-0.15, -0.1) is 0 Å². The van der Waals surface area contributed by atoms with Crippen LogP contribution in [-0.4, -0.2) is 69.5 Å². The summed E-state index contributed by atoms with van der Waals surface area (Å²) in [5, 5.41) is 0.743. The van der Waals surface area contributed by atoms with Crippen LogP contribution < -0.4 is 9.47 Å². The number of methoxy groups -OCH3 is 2. The standard InChI is InChI=1S/C30H30FN3O5S/c1-38-26-11-8-21(17-25(26)31)19-33-13-15-34(16-14-33)30(35)23-9-10-24(27(18-23)39-2)20-40(36,37)28-7-3-5-22-6-4-12-32-29(22)28/h3-12,17-18H,13-16,19-20H2,1-2H3. The van der Waals surface area contributed by atoms with Crippen molar-refractivity contribution in [2.45, 2.75) is 17.2 Å². The van der Waals surface area contributed by atoms with Crippen molar-refractivity contribution in [1.82, 2.24) is 14.8 Å². The molecule has 1 aliphatic heterocycles. The minimum absolute atomic E-state index is 0.152. The number of halogens is 1. The van der Waals surface area contributed by atoms with Crippen LogP contribution in [0.1, 0.15) is 21.5 Å². The van der Waals surface area contributed by atoms with Gasteiger partial charge < -0.3 is 14.4 Å². The number of benzene rings is 3. The van der Waals surface area contributed by atoms with Gasteiger partial charge in [-0.25, -0.2) is 12.8 Å². The van der Waals surface area contributed by atoms with Gasteiger partial charge in [-0.2, -0.15) is 0 Å². The Morgan fingerprint density at radius 1 is 0.925 bits per heavy atom. The van der Waals surface area contributed by atoms with Gasteiger partial charge in [-0.3, -0.25) is 14.7 Å². The molecule has 10 heteroatoms. The predicted octanol–water partition coefficient (Wildman–Crippen LogP) is 4.32. The molecule has 1 aliphatic rings. The van der Waals surface area contributed by atoms with Crippen molar-refractivity contribution in [2.24, 2.45) is 0 Å². The summed E-state index contributed by atoms with van der Waals surface area (Å²) < 4.78 is 51.3. The zero-order valence-corrected chi connectivity index (χ0v) is 23.2. The summed E-state index contributed by atoms with van der Waals surface area (Å²) in [7, 11) is -0.846. The van der Waals surface area contributed by atoms with Gasteiger partial charge in [0, 0.05) is 55.4 Å². The van der Waals surface area contributed by atoms with Crippen molar-refractivity contribution in [1.29, 1.82) is 0 Å². The number of rotatable bonds is 8. The van der Waals surface area contributed by atoms with E-state index in [0.717, 1.165) is 10.9 Å². The maximum atomic E-state index is 14.0. The fraction of sp³-hybridized carbons (Fsp3) is 0.267. The van der Waals surface area contributed by atoms with E-state index in [1.54, 1.807) is 53.6 Å². The molecule has 3 aromatic carbocycles. The van der Waals surface area contributed by atoms with Gasteiger partial charge in [-0.1, -0.05) is 30.3 Å². The van der Waals surface area contributed by atoms with E-state index in [2.05, 4.69) is 9.88 Å². The van der Waals surface area contributed by atoms with E-state index in [4.69, 9.17) is 9.47 Å². The Morgan fingerprint density at radius 2 is 1.68 bits per heavy atom. The quantitative estimate of drug-likeness (QED) is 0.315. The van der Waals surface area contributed by atoms with Crippen LogP contribution in [0.25, 0.3) is 10.9 Å². The molecule has 0 spiro atoms. The number of sulfone groups is 1. The molecule has 1 aromatic heterocycles. The van der Waals surface area contributed by atoms with E-state index in [1.807, 2.05) is 18.2 Å². The first-order valence-electron chi connectivity index (χ1n) is 12.9. The lowest BCUT2D eigenvalue weighted by Gasteiger charge is -2.35. The van der Waals surface area contributed by atoms with Crippen LogP contribution in [0.5, 0.6) is 11.5 Å². The lowest BCUT2D eigenvalue weighted by molar-refractivity contribution is 0.0628. The van der Waals surface area contributed by atoms with Crippen LogP contribution in [0.2, 0.25) is 0 Å². The van der Waals surface area contributed by atoms with Crippen LogP contribution in [0.4, 0.5) is 4.39 Å². The van der Waals surface area contributed by atoms with Crippen LogP contribution in [0, 0.1) is 5.82 Å². The number of piperazine rings is 1. The van der Waals surface area contributed by atoms with Gasteiger partial charge in [0.1, 0.15) is 5.75 Å². The maximum absolute atomic E-state index is 14.0. The fourth-order valence-electron chi connectivity index (χ4n) is 4.96. The van der Waals surface area contributed by atoms with Crippen molar-refractivity contribution >= 4 is 26.6 Å². The number of ether oxygens (including phenoxy) is 2. The average molecular weight is 564 g/mol. The summed E-state index contributed by atoms with van der Waals surface area (Å²) in [6.07, 6.45) is 1.57. The Kier molecular flexibility index (Phi) is 7.99. The molecular formula is C30H30FN3O5S. The summed E-state index contributed by atoms with van der Waals surface area (Å²) in [4.78, 5) is 21.6. The molecule has 1 amide bonds. The molecule has 0 N–H and O–H groups in total. The van der Waals surface area contributed by atoms with Gasteiger partial charge in [0.2, 0.25) is 0 Å². The lowest BCUT2D eigenvalue weighted by atomic mass is 10.1. The first kappa shape index (κ1) is 27.5. The highest BCUT2D eigenvalue weighted by molar-refractivity contribution is 7.90. The van der Waals surface area contributed by atoms with Gasteiger partial charge in [-0.05, 0) is 42.0 Å². The van der Waals surface area contributed by atoms with Crippen LogP contribution in [0.3, 0.4) is 0 Å². The monoisotopic (exact) mass is 563 g/mol. The van der Waals surface area contributed by atoms with E-state index in [0.29, 0.717) is 55.1 Å². The summed E-state index contributed by atoms with van der Waals surface area (Å²) >= 11 is 0. The molecule has 0 atom stereocenters. The zero-order chi connectivity index (χ0) is 28.3. The topological polar surface area (TPSA) is 89.0 Å². The largest absolute Gasteiger partial charge is 0.496 e. The highest BCUT2D eigenvalue weighted by atomic mass is 32.2. The second kappa shape index (κ2) is 11.6. The Bertz CT molecular complexity index is 1650. The molecule has 0 radical (unpaired) electrons. The summed E-state index contributed by atoms with van der Waals surface area (Å²) in [6, 6.07) is 18.5. The van der Waals surface area contributed by atoms with Gasteiger partial charge in [0.25, 0.3) is 5.91 Å². The molecular weight excluding hydrogens is 533 g/mol. The number of aromatic nitrogens is 1. The third-order valence-electron chi connectivity index (χ3n) is 7.09. The number of fused-ring (bicyclic) bond motifs is 1. The summed E-state index contributed by atoms with van der Waals surface area (Å²) in [5.41, 5.74) is 2.15. The molecule has 2 heterocycles. The third kappa shape index (κ3) is 5.78. The van der Waals surface area contributed by atoms with Crippen molar-refractivity contribution in [3.8, 4) is 11.5 Å². The molecule has 5 rings (SSSR count). The fourth-order valence-corrected chi connectivity index (χ4v) is 6.52. The first-order chi connectivity index (χ1) is 19.3. The van der Waals surface area contributed by atoms with Crippen LogP contribution in [-0.2, 0) is 22.1 Å². The highest BCUT2D eigenvalue weighted by Gasteiger charge is 2.25. The smallest absolute Gasteiger partial charge is 0.254 e. The van der Waals surface area contributed by atoms with Gasteiger partial charge >= 0.3 is 0 Å². The summed E-state index contributed by atoms with van der Waals surface area (Å²) in [5.74, 6) is -0.286. The number of carbonyl (C=O) groups excluding carboxylic acids is 1. The lowest BCUT2D eigenvalue weighted by Crippen LogP contribution is -2.48. The van der Waals surface area contributed by atoms with E-state index in [1.165, 1.54) is 20.3 Å². The van der Waals surface area contributed by atoms with Crippen LogP contribution >= 0.6 is 0 Å². The zero-order valence-electron chi connectivity index (χ0n) is 22.3. The second-order valence-electron chi connectivity index (χ2n) is 9.65. The van der Waals surface area contributed by atoms with E-state index < -0.39 is 15.7 Å². The minimum atomic E-state index is -3.74. The molecule has 0 saturated carbocycles. The second-order valence-corrected chi connectivity index (χ2v) is 11.6. The van der Waals surface area contributed by atoms with Gasteiger partial charge in [0.15, 0.2) is 21.4 Å². The SMILES string of the molecule is COc1ccc(CN2CCN(C(=O)c3ccc(CS(=O)(=O)c4cccc5cccnc45)c(OC)c3)CC2)cc1F. The predicted molar refractivity (Wildman–Crippen MR) is 150 cm³/mol. The molecule has 0 bridgehead atoms. The molecule has 208 valence electrons. The van der Waals surface area contributed by atoms with Crippen molar-refractivity contribution < 1.29 is 27.1 Å². The third-order valence-corrected chi connectivity index (χ3v) is 8.78. The van der Waals surface area contributed by atoms with Crippen molar-refractivity contribution in [3.63, 3.8) is 0 Å². The molecule has 0 unspecified atom stereocenters. The number of hydrogen-bond donors (Lipinski definition) is 0.